The SMILES string of the molecule is CN=C(NCc1ccc(F)c(C)c1)NCC(c1ccc(OC)c(OC)c1)N1CCOCC1. The van der Waals surface area contributed by atoms with Crippen molar-refractivity contribution in [2.24, 2.45) is 4.99 Å². The number of nitrogens with one attached hydrogen (secondary N) is 2. The van der Waals surface area contributed by atoms with Gasteiger partial charge in [0.15, 0.2) is 17.5 Å². The first kappa shape index (κ1) is 23.8. The van der Waals surface area contributed by atoms with Gasteiger partial charge in [-0.2, -0.15) is 0 Å². The van der Waals surface area contributed by atoms with Gasteiger partial charge in [0.1, 0.15) is 5.82 Å². The van der Waals surface area contributed by atoms with Gasteiger partial charge in [0.25, 0.3) is 0 Å². The van der Waals surface area contributed by atoms with E-state index in [2.05, 4.69) is 26.6 Å². The Hall–Kier alpha value is -2.84. The molecule has 2 aromatic rings. The third kappa shape index (κ3) is 6.11. The Morgan fingerprint density at radius 1 is 1.09 bits per heavy atom. The van der Waals surface area contributed by atoms with E-state index >= 15 is 0 Å². The number of aliphatic imine (C=N–C) groups is 1. The molecule has 2 aromatic carbocycles. The summed E-state index contributed by atoms with van der Waals surface area (Å²) < 4.78 is 30.0. The molecule has 2 N–H and O–H groups in total. The molecule has 174 valence electrons. The largest absolute Gasteiger partial charge is 0.493 e. The van der Waals surface area contributed by atoms with Gasteiger partial charge in [0, 0.05) is 33.2 Å². The number of aryl methyl sites for hydroxylation is 1. The molecule has 0 bridgehead atoms. The predicted molar refractivity (Wildman–Crippen MR) is 124 cm³/mol. The highest BCUT2D eigenvalue weighted by Gasteiger charge is 2.24. The molecule has 3 rings (SSSR count). The van der Waals surface area contributed by atoms with Gasteiger partial charge in [-0.05, 0) is 41.8 Å². The fourth-order valence-corrected chi connectivity index (χ4v) is 3.82. The summed E-state index contributed by atoms with van der Waals surface area (Å²) in [5.41, 5.74) is 2.76. The van der Waals surface area contributed by atoms with Crippen molar-refractivity contribution < 1.29 is 18.6 Å². The minimum absolute atomic E-state index is 0.102. The van der Waals surface area contributed by atoms with Crippen molar-refractivity contribution >= 4 is 5.96 Å². The lowest BCUT2D eigenvalue weighted by atomic mass is 10.0. The van der Waals surface area contributed by atoms with Gasteiger partial charge in [-0.15, -0.1) is 0 Å². The van der Waals surface area contributed by atoms with Crippen molar-refractivity contribution in [3.05, 3.63) is 58.9 Å². The van der Waals surface area contributed by atoms with Crippen molar-refractivity contribution in [3.63, 3.8) is 0 Å². The van der Waals surface area contributed by atoms with Crippen molar-refractivity contribution in [1.82, 2.24) is 15.5 Å². The number of nitrogens with zero attached hydrogens (tertiary/aromatic N) is 2. The fourth-order valence-electron chi connectivity index (χ4n) is 3.82. The topological polar surface area (TPSA) is 67.4 Å². The Morgan fingerprint density at radius 2 is 1.84 bits per heavy atom. The summed E-state index contributed by atoms with van der Waals surface area (Å²) in [5, 5.41) is 6.75. The van der Waals surface area contributed by atoms with E-state index in [9.17, 15) is 4.39 Å². The summed E-state index contributed by atoms with van der Waals surface area (Å²) >= 11 is 0. The van der Waals surface area contributed by atoms with Gasteiger partial charge in [-0.1, -0.05) is 18.2 Å². The normalized spacial score (nSPS) is 15.8. The zero-order valence-corrected chi connectivity index (χ0v) is 19.3. The highest BCUT2D eigenvalue weighted by atomic mass is 19.1. The molecule has 0 radical (unpaired) electrons. The Labute approximate surface area is 189 Å². The zero-order chi connectivity index (χ0) is 22.9. The van der Waals surface area contributed by atoms with Crippen LogP contribution in [0, 0.1) is 12.7 Å². The minimum atomic E-state index is -0.195. The van der Waals surface area contributed by atoms with Crippen LogP contribution < -0.4 is 20.1 Å². The van der Waals surface area contributed by atoms with Crippen molar-refractivity contribution in [3.8, 4) is 11.5 Å². The summed E-state index contributed by atoms with van der Waals surface area (Å²) in [4.78, 5) is 6.74. The summed E-state index contributed by atoms with van der Waals surface area (Å²) in [6.07, 6.45) is 0. The number of ether oxygens (including phenoxy) is 3. The molecule has 7 nitrogen and oxygen atoms in total. The van der Waals surface area contributed by atoms with E-state index in [4.69, 9.17) is 14.2 Å². The second kappa shape index (κ2) is 11.7. The lowest BCUT2D eigenvalue weighted by Crippen LogP contribution is -2.46. The third-order valence-corrected chi connectivity index (χ3v) is 5.65. The molecule has 0 spiro atoms. The molecule has 1 fully saturated rings. The Kier molecular flexibility index (Phi) is 8.70. The number of rotatable bonds is 8. The minimum Gasteiger partial charge on any atom is -0.493 e. The maximum absolute atomic E-state index is 13.5. The lowest BCUT2D eigenvalue weighted by Gasteiger charge is -2.35. The molecule has 0 saturated carbocycles. The highest BCUT2D eigenvalue weighted by molar-refractivity contribution is 5.79. The average molecular weight is 445 g/mol. The van der Waals surface area contributed by atoms with E-state index in [0.717, 1.165) is 24.2 Å². The first-order chi connectivity index (χ1) is 15.5. The van der Waals surface area contributed by atoms with Gasteiger partial charge in [-0.3, -0.25) is 9.89 Å². The van der Waals surface area contributed by atoms with Gasteiger partial charge in [0.2, 0.25) is 0 Å². The van der Waals surface area contributed by atoms with E-state index in [1.165, 1.54) is 6.07 Å². The number of methoxy groups -OCH3 is 2. The second-order valence-corrected chi connectivity index (χ2v) is 7.67. The van der Waals surface area contributed by atoms with E-state index in [0.29, 0.717) is 49.3 Å². The number of morpholine rings is 1. The molecular formula is C24H33FN4O3. The summed E-state index contributed by atoms with van der Waals surface area (Å²) in [7, 11) is 5.02. The molecule has 8 heteroatoms. The number of hydrogen-bond acceptors (Lipinski definition) is 5. The van der Waals surface area contributed by atoms with E-state index in [1.54, 1.807) is 34.3 Å². The molecule has 1 aliphatic rings. The van der Waals surface area contributed by atoms with Crippen LogP contribution in [0.15, 0.2) is 41.4 Å². The Morgan fingerprint density at radius 3 is 2.50 bits per heavy atom. The quantitative estimate of drug-likeness (QED) is 0.482. The van der Waals surface area contributed by atoms with E-state index in [1.807, 2.05) is 18.2 Å². The maximum Gasteiger partial charge on any atom is 0.191 e. The number of benzene rings is 2. The van der Waals surface area contributed by atoms with Crippen molar-refractivity contribution in [2.45, 2.75) is 19.5 Å². The van der Waals surface area contributed by atoms with Crippen molar-refractivity contribution in [1.29, 1.82) is 0 Å². The van der Waals surface area contributed by atoms with E-state index < -0.39 is 0 Å². The fraction of sp³-hybridized carbons (Fsp3) is 0.458. The average Bonchev–Trinajstić information content (AvgIpc) is 2.83. The first-order valence-electron chi connectivity index (χ1n) is 10.8. The number of hydrogen-bond donors (Lipinski definition) is 2. The van der Waals surface area contributed by atoms with Crippen LogP contribution >= 0.6 is 0 Å². The second-order valence-electron chi connectivity index (χ2n) is 7.67. The zero-order valence-electron chi connectivity index (χ0n) is 19.3. The highest BCUT2D eigenvalue weighted by Crippen LogP contribution is 2.32. The molecule has 0 amide bonds. The number of halogens is 1. The number of guanidine groups is 1. The molecule has 1 aliphatic heterocycles. The van der Waals surface area contributed by atoms with Gasteiger partial charge in [0.05, 0.1) is 33.5 Å². The van der Waals surface area contributed by atoms with E-state index in [-0.39, 0.29) is 11.9 Å². The third-order valence-electron chi connectivity index (χ3n) is 5.65. The monoisotopic (exact) mass is 444 g/mol. The van der Waals surface area contributed by atoms with Gasteiger partial charge < -0.3 is 24.8 Å². The van der Waals surface area contributed by atoms with Crippen LogP contribution in [-0.4, -0.2) is 65.0 Å². The maximum atomic E-state index is 13.5. The van der Waals surface area contributed by atoms with Gasteiger partial charge >= 0.3 is 0 Å². The smallest absolute Gasteiger partial charge is 0.191 e. The first-order valence-corrected chi connectivity index (χ1v) is 10.8. The molecule has 1 atom stereocenters. The molecular weight excluding hydrogens is 411 g/mol. The van der Waals surface area contributed by atoms with Crippen molar-refractivity contribution in [2.75, 3.05) is 54.1 Å². The molecule has 0 aliphatic carbocycles. The van der Waals surface area contributed by atoms with Gasteiger partial charge in [-0.25, -0.2) is 4.39 Å². The van der Waals surface area contributed by atoms with Crippen LogP contribution in [0.2, 0.25) is 0 Å². The lowest BCUT2D eigenvalue weighted by molar-refractivity contribution is 0.0169. The van der Waals surface area contributed by atoms with Crippen LogP contribution in [0.4, 0.5) is 4.39 Å². The summed E-state index contributed by atoms with van der Waals surface area (Å²) in [6.45, 7) is 6.09. The molecule has 0 aromatic heterocycles. The van der Waals surface area contributed by atoms with Crippen LogP contribution in [0.1, 0.15) is 22.7 Å². The van der Waals surface area contributed by atoms with Crippen LogP contribution in [0.5, 0.6) is 11.5 Å². The summed E-state index contributed by atoms with van der Waals surface area (Å²) in [6, 6.07) is 11.3. The predicted octanol–water partition coefficient (Wildman–Crippen LogP) is 2.89. The molecule has 1 unspecified atom stereocenters. The summed E-state index contributed by atoms with van der Waals surface area (Å²) in [5.74, 6) is 1.90. The molecule has 1 heterocycles. The van der Waals surface area contributed by atoms with Crippen LogP contribution in [0.3, 0.4) is 0 Å². The Bertz CT molecular complexity index is 916. The standard InChI is InChI=1S/C24H33FN4O3/c1-17-13-18(5-7-20(17)25)15-27-24(26-2)28-16-21(29-9-11-32-12-10-29)19-6-8-22(30-3)23(14-19)31-4/h5-8,13-14,21H,9-12,15-16H2,1-4H3,(H2,26,27,28). The Balaban J connectivity index is 1.70. The molecule has 1 saturated heterocycles. The molecule has 32 heavy (non-hydrogen) atoms. The van der Waals surface area contributed by atoms with Crippen LogP contribution in [0.25, 0.3) is 0 Å². The van der Waals surface area contributed by atoms with Crippen LogP contribution in [-0.2, 0) is 11.3 Å².